The normalized spacial score (nSPS) is 10.5. The molecule has 1 heterocycles. The first-order valence-corrected chi connectivity index (χ1v) is 6.30. The molecule has 0 bridgehead atoms. The van der Waals surface area contributed by atoms with Crippen LogP contribution in [0.25, 0.3) is 11.3 Å². The largest absolute Gasteiger partial charge is 0.383 e. The van der Waals surface area contributed by atoms with Crippen molar-refractivity contribution in [2.45, 2.75) is 20.3 Å². The Morgan fingerprint density at radius 3 is 2.59 bits per heavy atom. The summed E-state index contributed by atoms with van der Waals surface area (Å²) in [6, 6.07) is 7.99. The summed E-state index contributed by atoms with van der Waals surface area (Å²) in [5, 5.41) is 0. The predicted octanol–water partition coefficient (Wildman–Crippen LogP) is 3.36. The van der Waals surface area contributed by atoms with Crippen LogP contribution in [0.15, 0.2) is 28.7 Å². The molecule has 0 saturated heterocycles. The third-order valence-corrected chi connectivity index (χ3v) is 3.37. The number of aryl methyl sites for hydroxylation is 1. The van der Waals surface area contributed by atoms with Crippen LogP contribution < -0.4 is 5.73 Å². The van der Waals surface area contributed by atoms with E-state index < -0.39 is 0 Å². The molecule has 2 N–H and O–H groups in total. The molecule has 0 amide bonds. The Labute approximate surface area is 109 Å². The second-order valence-electron chi connectivity index (χ2n) is 3.83. The van der Waals surface area contributed by atoms with Gasteiger partial charge < -0.3 is 5.73 Å². The average Bonchev–Trinajstić information content (AvgIpc) is 2.33. The highest BCUT2D eigenvalue weighted by molar-refractivity contribution is 9.10. The highest BCUT2D eigenvalue weighted by Crippen LogP contribution is 2.30. The van der Waals surface area contributed by atoms with E-state index in [4.69, 9.17) is 5.73 Å². The molecule has 17 heavy (non-hydrogen) atoms. The zero-order chi connectivity index (χ0) is 12.4. The molecule has 88 valence electrons. The SMILES string of the molecule is CCc1nc(N)c(C)c(-c2ccccc2Br)n1. The first-order chi connectivity index (χ1) is 8.13. The van der Waals surface area contributed by atoms with Gasteiger partial charge >= 0.3 is 0 Å². The fourth-order valence-corrected chi connectivity index (χ4v) is 2.13. The third kappa shape index (κ3) is 2.31. The van der Waals surface area contributed by atoms with Gasteiger partial charge in [0, 0.05) is 22.0 Å². The van der Waals surface area contributed by atoms with Gasteiger partial charge in [0.1, 0.15) is 11.6 Å². The molecule has 3 nitrogen and oxygen atoms in total. The van der Waals surface area contributed by atoms with Crippen LogP contribution in [0.4, 0.5) is 5.82 Å². The highest BCUT2D eigenvalue weighted by Gasteiger charge is 2.11. The van der Waals surface area contributed by atoms with Gasteiger partial charge in [0.25, 0.3) is 0 Å². The van der Waals surface area contributed by atoms with E-state index in [0.717, 1.165) is 33.5 Å². The first kappa shape index (κ1) is 12.0. The molecule has 4 heteroatoms. The summed E-state index contributed by atoms with van der Waals surface area (Å²) in [4.78, 5) is 8.82. The lowest BCUT2D eigenvalue weighted by Crippen LogP contribution is -2.04. The Morgan fingerprint density at radius 2 is 1.94 bits per heavy atom. The topological polar surface area (TPSA) is 51.8 Å². The van der Waals surface area contributed by atoms with Crippen LogP contribution in [0.2, 0.25) is 0 Å². The number of hydrogen-bond donors (Lipinski definition) is 1. The van der Waals surface area contributed by atoms with E-state index in [9.17, 15) is 0 Å². The maximum atomic E-state index is 5.92. The second kappa shape index (κ2) is 4.84. The van der Waals surface area contributed by atoms with Gasteiger partial charge in [0.05, 0.1) is 5.69 Å². The zero-order valence-electron chi connectivity index (χ0n) is 9.87. The quantitative estimate of drug-likeness (QED) is 0.923. The molecule has 0 aliphatic rings. The lowest BCUT2D eigenvalue weighted by Gasteiger charge is -2.10. The van der Waals surface area contributed by atoms with Crippen LogP contribution in [0.5, 0.6) is 0 Å². The summed E-state index contributed by atoms with van der Waals surface area (Å²) in [5.41, 5.74) is 8.80. The smallest absolute Gasteiger partial charge is 0.131 e. The zero-order valence-corrected chi connectivity index (χ0v) is 11.5. The fraction of sp³-hybridized carbons (Fsp3) is 0.231. The highest BCUT2D eigenvalue weighted by atomic mass is 79.9. The van der Waals surface area contributed by atoms with Crippen molar-refractivity contribution in [3.8, 4) is 11.3 Å². The van der Waals surface area contributed by atoms with Gasteiger partial charge in [-0.3, -0.25) is 0 Å². The average molecular weight is 292 g/mol. The molecule has 2 rings (SSSR count). The van der Waals surface area contributed by atoms with Gasteiger partial charge in [-0.15, -0.1) is 0 Å². The van der Waals surface area contributed by atoms with Crippen LogP contribution in [0, 0.1) is 6.92 Å². The van der Waals surface area contributed by atoms with E-state index in [-0.39, 0.29) is 0 Å². The summed E-state index contributed by atoms with van der Waals surface area (Å²) >= 11 is 3.54. The Hall–Kier alpha value is -1.42. The van der Waals surface area contributed by atoms with Gasteiger partial charge in [-0.1, -0.05) is 41.1 Å². The molecule has 0 saturated carbocycles. The summed E-state index contributed by atoms with van der Waals surface area (Å²) in [6.07, 6.45) is 0.780. The molecular formula is C13H14BrN3. The van der Waals surface area contributed by atoms with E-state index in [1.54, 1.807) is 0 Å². The molecule has 2 aromatic rings. The summed E-state index contributed by atoms with van der Waals surface area (Å²) in [6.45, 7) is 3.97. The molecule has 0 aliphatic carbocycles. The minimum Gasteiger partial charge on any atom is -0.383 e. The minimum absolute atomic E-state index is 0.558. The van der Waals surface area contributed by atoms with Gasteiger partial charge in [0.2, 0.25) is 0 Å². The molecular weight excluding hydrogens is 278 g/mol. The van der Waals surface area contributed by atoms with Crippen LogP contribution in [-0.2, 0) is 6.42 Å². The summed E-state index contributed by atoms with van der Waals surface area (Å²) < 4.78 is 1.02. The molecule has 0 atom stereocenters. The number of nitrogen functional groups attached to an aromatic ring is 1. The molecule has 0 spiro atoms. The Balaban J connectivity index is 2.67. The van der Waals surface area contributed by atoms with Crippen molar-refractivity contribution >= 4 is 21.7 Å². The van der Waals surface area contributed by atoms with Crippen molar-refractivity contribution in [2.75, 3.05) is 5.73 Å². The third-order valence-electron chi connectivity index (χ3n) is 2.67. The number of halogens is 1. The summed E-state index contributed by atoms with van der Waals surface area (Å²) in [5.74, 6) is 1.33. The van der Waals surface area contributed by atoms with Crippen LogP contribution in [0.1, 0.15) is 18.3 Å². The summed E-state index contributed by atoms with van der Waals surface area (Å²) in [7, 11) is 0. The minimum atomic E-state index is 0.558. The molecule has 1 aromatic heterocycles. The Kier molecular flexibility index (Phi) is 3.43. The molecule has 0 fully saturated rings. The van der Waals surface area contributed by atoms with Gasteiger partial charge in [-0.2, -0.15) is 0 Å². The van der Waals surface area contributed by atoms with Crippen molar-refractivity contribution in [1.82, 2.24) is 9.97 Å². The predicted molar refractivity (Wildman–Crippen MR) is 73.7 cm³/mol. The van der Waals surface area contributed by atoms with E-state index >= 15 is 0 Å². The number of rotatable bonds is 2. The molecule has 0 aliphatic heterocycles. The maximum Gasteiger partial charge on any atom is 0.131 e. The molecule has 1 aromatic carbocycles. The number of benzene rings is 1. The van der Waals surface area contributed by atoms with Crippen LogP contribution >= 0.6 is 15.9 Å². The first-order valence-electron chi connectivity index (χ1n) is 5.51. The molecule has 0 unspecified atom stereocenters. The van der Waals surface area contributed by atoms with Crippen molar-refractivity contribution in [3.63, 3.8) is 0 Å². The number of nitrogens with two attached hydrogens (primary N) is 1. The van der Waals surface area contributed by atoms with E-state index in [2.05, 4.69) is 25.9 Å². The lowest BCUT2D eigenvalue weighted by molar-refractivity contribution is 0.940. The number of anilines is 1. The van der Waals surface area contributed by atoms with Gasteiger partial charge in [-0.05, 0) is 13.0 Å². The number of nitrogens with zero attached hydrogens (tertiary/aromatic N) is 2. The fourth-order valence-electron chi connectivity index (χ4n) is 1.66. The van der Waals surface area contributed by atoms with Gasteiger partial charge in [0.15, 0.2) is 0 Å². The second-order valence-corrected chi connectivity index (χ2v) is 4.69. The van der Waals surface area contributed by atoms with Crippen molar-refractivity contribution in [1.29, 1.82) is 0 Å². The van der Waals surface area contributed by atoms with Gasteiger partial charge in [-0.25, -0.2) is 9.97 Å². The number of aromatic nitrogens is 2. The van der Waals surface area contributed by atoms with Crippen molar-refractivity contribution < 1.29 is 0 Å². The van der Waals surface area contributed by atoms with Crippen LogP contribution in [0.3, 0.4) is 0 Å². The Bertz CT molecular complexity index is 552. The Morgan fingerprint density at radius 1 is 1.24 bits per heavy atom. The van der Waals surface area contributed by atoms with Crippen LogP contribution in [-0.4, -0.2) is 9.97 Å². The standard InChI is InChI=1S/C13H14BrN3/c1-3-11-16-12(8(2)13(15)17-11)9-6-4-5-7-10(9)14/h4-7H,3H2,1-2H3,(H2,15,16,17). The van der Waals surface area contributed by atoms with E-state index in [1.165, 1.54) is 0 Å². The van der Waals surface area contributed by atoms with Crippen molar-refractivity contribution in [2.24, 2.45) is 0 Å². The van der Waals surface area contributed by atoms with E-state index in [1.807, 2.05) is 38.1 Å². The monoisotopic (exact) mass is 291 g/mol. The number of hydrogen-bond acceptors (Lipinski definition) is 3. The lowest BCUT2D eigenvalue weighted by atomic mass is 10.1. The molecule has 0 radical (unpaired) electrons. The van der Waals surface area contributed by atoms with E-state index in [0.29, 0.717) is 5.82 Å². The maximum absolute atomic E-state index is 5.92. The van der Waals surface area contributed by atoms with Crippen molar-refractivity contribution in [3.05, 3.63) is 40.1 Å².